The predicted octanol–water partition coefficient (Wildman–Crippen LogP) is 2.54. The Balaban J connectivity index is 2.40. The molecule has 0 bridgehead atoms. The predicted molar refractivity (Wildman–Crippen MR) is 78.1 cm³/mol. The van der Waals surface area contributed by atoms with Crippen LogP contribution in [-0.2, 0) is 20.6 Å². The number of halogens is 1. The molecule has 2 aromatic rings. The Morgan fingerprint density at radius 3 is 2.95 bits per heavy atom. The van der Waals surface area contributed by atoms with Crippen LogP contribution >= 0.6 is 15.9 Å². The third kappa shape index (κ3) is 3.19. The number of rotatable bonds is 5. The van der Waals surface area contributed by atoms with Crippen molar-refractivity contribution in [1.29, 1.82) is 0 Å². The van der Waals surface area contributed by atoms with E-state index in [4.69, 9.17) is 9.39 Å². The first-order valence-electron chi connectivity index (χ1n) is 5.96. The lowest BCUT2D eigenvalue weighted by atomic mass is 10.1. The average molecular weight is 323 g/mol. The second kappa shape index (κ2) is 6.26. The lowest BCUT2D eigenvalue weighted by Crippen LogP contribution is -2.08. The first-order valence-corrected chi connectivity index (χ1v) is 6.75. The van der Waals surface area contributed by atoms with Crippen molar-refractivity contribution in [3.63, 3.8) is 0 Å². The Hall–Kier alpha value is -1.27. The smallest absolute Gasteiger partial charge is 0.443 e. The van der Waals surface area contributed by atoms with Crippen molar-refractivity contribution >= 4 is 40.4 Å². The summed E-state index contributed by atoms with van der Waals surface area (Å²) in [6.45, 7) is 2.20. The Morgan fingerprint density at radius 1 is 1.47 bits per heavy atom. The Bertz CT molecular complexity index is 597. The summed E-state index contributed by atoms with van der Waals surface area (Å²) in [6, 6.07) is 5.92. The molecule has 19 heavy (non-hydrogen) atoms. The topological polar surface area (TPSA) is 40.5 Å². The van der Waals surface area contributed by atoms with Crippen LogP contribution in [0.25, 0.3) is 10.9 Å². The van der Waals surface area contributed by atoms with E-state index in [-0.39, 0.29) is 12.4 Å². The zero-order valence-electron chi connectivity index (χ0n) is 10.9. The fraction of sp³-hybridized carbons (Fsp3) is 0.308. The summed E-state index contributed by atoms with van der Waals surface area (Å²) in [7, 11) is 3.19. The highest BCUT2D eigenvalue weighted by Crippen LogP contribution is 2.25. The molecule has 0 N–H and O–H groups in total. The first kappa shape index (κ1) is 14.2. The molecule has 0 unspecified atom stereocenters. The average Bonchev–Trinajstić information content (AvgIpc) is 2.68. The van der Waals surface area contributed by atoms with E-state index in [2.05, 4.69) is 15.9 Å². The van der Waals surface area contributed by atoms with Crippen molar-refractivity contribution in [3.8, 4) is 0 Å². The van der Waals surface area contributed by atoms with Crippen molar-refractivity contribution in [3.05, 3.63) is 34.4 Å². The minimum absolute atomic E-state index is 0.220. The normalized spacial score (nSPS) is 10.7. The summed E-state index contributed by atoms with van der Waals surface area (Å²) in [6.07, 6.45) is 2.15. The standard InChI is InChI=1S/C13H14BBrNO3/c1-3-19-13(17)6-9-8-16(14-18-2)12-7-10(15)4-5-11(9)12/h4-5,7-8H,3,6H2,1-2H3. The fourth-order valence-electron chi connectivity index (χ4n) is 2.01. The van der Waals surface area contributed by atoms with Crippen LogP contribution in [0.5, 0.6) is 0 Å². The van der Waals surface area contributed by atoms with E-state index in [1.165, 1.54) is 0 Å². The fourth-order valence-corrected chi connectivity index (χ4v) is 2.36. The molecule has 0 aliphatic rings. The summed E-state index contributed by atoms with van der Waals surface area (Å²) in [5, 5.41) is 1.02. The minimum atomic E-state index is -0.220. The van der Waals surface area contributed by atoms with E-state index in [0.29, 0.717) is 6.61 Å². The largest absolute Gasteiger partial charge is 0.466 e. The Morgan fingerprint density at radius 2 is 2.26 bits per heavy atom. The SMILES string of the molecule is CCOC(=O)Cc1cn([B]OC)c2cc(Br)ccc12. The van der Waals surface area contributed by atoms with Gasteiger partial charge < -0.3 is 13.9 Å². The molecule has 1 aromatic heterocycles. The van der Waals surface area contributed by atoms with Crippen LogP contribution in [0, 0.1) is 0 Å². The molecule has 0 spiro atoms. The number of esters is 1. The van der Waals surface area contributed by atoms with Gasteiger partial charge in [0.05, 0.1) is 13.0 Å². The monoisotopic (exact) mass is 322 g/mol. The molecular formula is C13H14BBrNO3. The number of carbonyl (C=O) groups excluding carboxylic acids is 1. The van der Waals surface area contributed by atoms with Crippen LogP contribution in [0.15, 0.2) is 28.9 Å². The van der Waals surface area contributed by atoms with Gasteiger partial charge in [-0.15, -0.1) is 0 Å². The van der Waals surface area contributed by atoms with Gasteiger partial charge in [0.1, 0.15) is 0 Å². The van der Waals surface area contributed by atoms with Crippen LogP contribution in [0.3, 0.4) is 0 Å². The van der Waals surface area contributed by atoms with Gasteiger partial charge in [-0.3, -0.25) is 4.79 Å². The van der Waals surface area contributed by atoms with E-state index < -0.39 is 0 Å². The molecule has 1 radical (unpaired) electrons. The van der Waals surface area contributed by atoms with E-state index in [9.17, 15) is 4.79 Å². The summed E-state index contributed by atoms with van der Waals surface area (Å²) in [5.74, 6) is -0.220. The van der Waals surface area contributed by atoms with Gasteiger partial charge in [0.25, 0.3) is 0 Å². The number of hydrogen-bond acceptors (Lipinski definition) is 3. The van der Waals surface area contributed by atoms with Crippen LogP contribution in [-0.4, -0.2) is 31.8 Å². The van der Waals surface area contributed by atoms with Gasteiger partial charge in [0.2, 0.25) is 0 Å². The third-order valence-electron chi connectivity index (χ3n) is 2.74. The maximum Gasteiger partial charge on any atom is 0.443 e. The molecule has 2 rings (SSSR count). The number of aromatic nitrogens is 1. The molecule has 1 heterocycles. The molecular weight excluding hydrogens is 309 g/mol. The van der Waals surface area contributed by atoms with E-state index >= 15 is 0 Å². The van der Waals surface area contributed by atoms with E-state index in [1.54, 1.807) is 21.7 Å². The van der Waals surface area contributed by atoms with Crippen molar-refractivity contribution in [1.82, 2.24) is 4.48 Å². The number of fused-ring (bicyclic) bond motifs is 1. The highest BCUT2D eigenvalue weighted by Gasteiger charge is 2.13. The zero-order chi connectivity index (χ0) is 13.8. The van der Waals surface area contributed by atoms with Gasteiger partial charge in [0.15, 0.2) is 0 Å². The highest BCUT2D eigenvalue weighted by molar-refractivity contribution is 9.10. The van der Waals surface area contributed by atoms with E-state index in [0.717, 1.165) is 20.9 Å². The van der Waals surface area contributed by atoms with Crippen molar-refractivity contribution in [2.24, 2.45) is 0 Å². The van der Waals surface area contributed by atoms with Crippen LogP contribution in [0.4, 0.5) is 0 Å². The van der Waals surface area contributed by atoms with Crippen LogP contribution in [0.2, 0.25) is 0 Å². The lowest BCUT2D eigenvalue weighted by Gasteiger charge is -2.01. The number of hydrogen-bond donors (Lipinski definition) is 0. The van der Waals surface area contributed by atoms with Crippen molar-refractivity contribution < 1.29 is 14.2 Å². The van der Waals surface area contributed by atoms with Gasteiger partial charge in [-0.1, -0.05) is 22.0 Å². The number of ether oxygens (including phenoxy) is 1. The highest BCUT2D eigenvalue weighted by atomic mass is 79.9. The second-order valence-electron chi connectivity index (χ2n) is 4.05. The second-order valence-corrected chi connectivity index (χ2v) is 4.96. The number of benzene rings is 1. The Kier molecular flexibility index (Phi) is 4.66. The molecule has 0 amide bonds. The molecule has 0 fully saturated rings. The first-order chi connectivity index (χ1) is 9.15. The van der Waals surface area contributed by atoms with Gasteiger partial charge in [0, 0.05) is 22.5 Å². The zero-order valence-corrected chi connectivity index (χ0v) is 12.4. The van der Waals surface area contributed by atoms with Gasteiger partial charge in [-0.25, -0.2) is 0 Å². The molecule has 0 atom stereocenters. The molecule has 99 valence electrons. The summed E-state index contributed by atoms with van der Waals surface area (Å²) < 4.78 is 12.9. The molecule has 0 saturated heterocycles. The molecule has 1 aromatic carbocycles. The van der Waals surface area contributed by atoms with Crippen molar-refractivity contribution in [2.75, 3.05) is 13.7 Å². The van der Waals surface area contributed by atoms with Crippen LogP contribution < -0.4 is 0 Å². The van der Waals surface area contributed by atoms with Crippen LogP contribution in [0.1, 0.15) is 12.5 Å². The lowest BCUT2D eigenvalue weighted by molar-refractivity contribution is -0.142. The molecule has 6 heteroatoms. The molecule has 0 aliphatic carbocycles. The third-order valence-corrected chi connectivity index (χ3v) is 3.23. The van der Waals surface area contributed by atoms with Crippen molar-refractivity contribution in [2.45, 2.75) is 13.3 Å². The summed E-state index contributed by atoms with van der Waals surface area (Å²) in [4.78, 5) is 11.6. The van der Waals surface area contributed by atoms with E-state index in [1.807, 2.05) is 28.9 Å². The summed E-state index contributed by atoms with van der Waals surface area (Å²) in [5.41, 5.74) is 1.91. The maximum absolute atomic E-state index is 11.6. The minimum Gasteiger partial charge on any atom is -0.466 e. The van der Waals surface area contributed by atoms with Gasteiger partial charge >= 0.3 is 13.6 Å². The number of nitrogens with zero attached hydrogens (tertiary/aromatic N) is 1. The molecule has 0 aliphatic heterocycles. The molecule has 0 saturated carbocycles. The summed E-state index contributed by atoms with van der Waals surface area (Å²) >= 11 is 3.44. The van der Waals surface area contributed by atoms with Gasteiger partial charge in [-0.2, -0.15) is 0 Å². The number of carbonyl (C=O) groups is 1. The quantitative estimate of drug-likeness (QED) is 0.627. The Labute approximate surface area is 121 Å². The molecule has 4 nitrogen and oxygen atoms in total. The van der Waals surface area contributed by atoms with Gasteiger partial charge in [-0.05, 0) is 30.8 Å². The maximum atomic E-state index is 11.6.